The summed E-state index contributed by atoms with van der Waals surface area (Å²) in [5, 5.41) is 3.67. The highest BCUT2D eigenvalue weighted by Crippen LogP contribution is 2.25. The van der Waals surface area contributed by atoms with Crippen molar-refractivity contribution in [3.8, 4) is 0 Å². The maximum absolute atomic E-state index is 4.05. The number of hydrogen-bond donors (Lipinski definition) is 1. The number of allylic oxidation sites excluding steroid dienone is 2. The van der Waals surface area contributed by atoms with Gasteiger partial charge in [0, 0.05) is 12.6 Å². The third-order valence-corrected chi connectivity index (χ3v) is 5.03. The molecule has 0 aliphatic rings. The van der Waals surface area contributed by atoms with Crippen molar-refractivity contribution in [1.29, 1.82) is 0 Å². The van der Waals surface area contributed by atoms with Crippen molar-refractivity contribution < 1.29 is 0 Å². The molecule has 4 atom stereocenters. The van der Waals surface area contributed by atoms with E-state index in [0.29, 0.717) is 12.0 Å². The standard InChI is InChI=1S/C21H39N/c1-8-18(5)15-13-12-14-16-21(7,11-4)17-22-20(10-3)19(6)9-2/h10-13,18-20,22H,3-4,8-9,14-17H2,1-2,5-7H3. The van der Waals surface area contributed by atoms with Crippen LogP contribution in [-0.4, -0.2) is 12.6 Å². The molecule has 0 rings (SSSR count). The van der Waals surface area contributed by atoms with E-state index in [1.54, 1.807) is 0 Å². The summed E-state index contributed by atoms with van der Waals surface area (Å²) < 4.78 is 0. The molecule has 0 heterocycles. The molecule has 0 saturated carbocycles. The van der Waals surface area contributed by atoms with Gasteiger partial charge in [0.25, 0.3) is 0 Å². The van der Waals surface area contributed by atoms with Crippen molar-refractivity contribution in [2.24, 2.45) is 17.3 Å². The van der Waals surface area contributed by atoms with Crippen LogP contribution >= 0.6 is 0 Å². The second-order valence-electron chi connectivity index (χ2n) is 7.15. The van der Waals surface area contributed by atoms with Crippen LogP contribution in [0.4, 0.5) is 0 Å². The molecule has 22 heavy (non-hydrogen) atoms. The van der Waals surface area contributed by atoms with Gasteiger partial charge in [0.15, 0.2) is 0 Å². The second-order valence-corrected chi connectivity index (χ2v) is 7.15. The zero-order valence-electron chi connectivity index (χ0n) is 15.7. The van der Waals surface area contributed by atoms with Gasteiger partial charge in [-0.15, -0.1) is 13.2 Å². The predicted molar refractivity (Wildman–Crippen MR) is 102 cm³/mol. The molecule has 0 saturated heterocycles. The van der Waals surface area contributed by atoms with Crippen LogP contribution in [0.5, 0.6) is 0 Å². The van der Waals surface area contributed by atoms with E-state index >= 15 is 0 Å². The topological polar surface area (TPSA) is 12.0 Å². The first-order valence-electron chi connectivity index (χ1n) is 9.06. The van der Waals surface area contributed by atoms with Gasteiger partial charge in [-0.05, 0) is 36.5 Å². The molecule has 0 aromatic heterocycles. The fourth-order valence-corrected chi connectivity index (χ4v) is 2.41. The molecule has 0 spiro atoms. The fourth-order valence-electron chi connectivity index (χ4n) is 2.41. The molecule has 1 nitrogen and oxygen atoms in total. The number of hydrogen-bond acceptors (Lipinski definition) is 1. The van der Waals surface area contributed by atoms with E-state index in [-0.39, 0.29) is 5.41 Å². The third kappa shape index (κ3) is 8.58. The summed E-state index contributed by atoms with van der Waals surface area (Å²) in [5.41, 5.74) is 0.148. The Hall–Kier alpha value is -0.820. The van der Waals surface area contributed by atoms with Crippen molar-refractivity contribution in [3.05, 3.63) is 37.5 Å². The van der Waals surface area contributed by atoms with E-state index in [1.165, 1.54) is 19.3 Å². The van der Waals surface area contributed by atoms with E-state index in [4.69, 9.17) is 0 Å². The van der Waals surface area contributed by atoms with E-state index < -0.39 is 0 Å². The lowest BCUT2D eigenvalue weighted by atomic mass is 9.84. The minimum absolute atomic E-state index is 0.148. The van der Waals surface area contributed by atoms with Crippen molar-refractivity contribution >= 4 is 0 Å². The SMILES string of the molecule is C=CC(NCC(C)(C=C)CCC=CCC(C)CC)C(C)CC. The van der Waals surface area contributed by atoms with Crippen LogP contribution in [0.25, 0.3) is 0 Å². The van der Waals surface area contributed by atoms with E-state index in [0.717, 1.165) is 25.3 Å². The van der Waals surface area contributed by atoms with Crippen LogP contribution < -0.4 is 5.32 Å². The molecule has 0 fully saturated rings. The first-order valence-corrected chi connectivity index (χ1v) is 9.06. The predicted octanol–water partition coefficient (Wildman–Crippen LogP) is 6.14. The van der Waals surface area contributed by atoms with Crippen molar-refractivity contribution in [3.63, 3.8) is 0 Å². The Balaban J connectivity index is 4.28. The first-order chi connectivity index (χ1) is 10.4. The Kier molecular flexibility index (Phi) is 11.3. The highest BCUT2D eigenvalue weighted by molar-refractivity contribution is 4.98. The molecular weight excluding hydrogens is 266 g/mol. The van der Waals surface area contributed by atoms with Gasteiger partial charge >= 0.3 is 0 Å². The van der Waals surface area contributed by atoms with E-state index in [1.807, 2.05) is 6.08 Å². The summed E-state index contributed by atoms with van der Waals surface area (Å²) in [7, 11) is 0. The Bertz CT molecular complexity index is 331. The fraction of sp³-hybridized carbons (Fsp3) is 0.714. The zero-order valence-corrected chi connectivity index (χ0v) is 15.7. The van der Waals surface area contributed by atoms with Gasteiger partial charge in [0.1, 0.15) is 0 Å². The van der Waals surface area contributed by atoms with Gasteiger partial charge in [0.05, 0.1) is 0 Å². The molecular formula is C21H39N. The minimum Gasteiger partial charge on any atom is -0.309 e. The Morgan fingerprint density at radius 3 is 2.27 bits per heavy atom. The molecule has 0 bridgehead atoms. The van der Waals surface area contributed by atoms with Crippen LogP contribution in [0.15, 0.2) is 37.5 Å². The maximum atomic E-state index is 4.05. The Labute approximate surface area is 140 Å². The molecule has 0 aromatic carbocycles. The Morgan fingerprint density at radius 2 is 1.77 bits per heavy atom. The summed E-state index contributed by atoms with van der Waals surface area (Å²) in [6.45, 7) is 20.4. The first kappa shape index (κ1) is 21.2. The highest BCUT2D eigenvalue weighted by atomic mass is 14.9. The monoisotopic (exact) mass is 305 g/mol. The van der Waals surface area contributed by atoms with Crippen LogP contribution in [-0.2, 0) is 0 Å². The Morgan fingerprint density at radius 1 is 1.09 bits per heavy atom. The molecule has 0 aliphatic carbocycles. The summed E-state index contributed by atoms with van der Waals surface area (Å²) in [6.07, 6.45) is 14.7. The van der Waals surface area contributed by atoms with Crippen molar-refractivity contribution in [1.82, 2.24) is 5.32 Å². The second kappa shape index (κ2) is 11.7. The van der Waals surface area contributed by atoms with Crippen molar-refractivity contribution in [2.75, 3.05) is 6.54 Å². The third-order valence-electron chi connectivity index (χ3n) is 5.03. The van der Waals surface area contributed by atoms with Crippen molar-refractivity contribution in [2.45, 2.75) is 72.8 Å². The maximum Gasteiger partial charge on any atom is 0.0273 e. The molecule has 1 heteroatoms. The molecule has 0 aliphatic heterocycles. The van der Waals surface area contributed by atoms with Gasteiger partial charge in [0.2, 0.25) is 0 Å². The largest absolute Gasteiger partial charge is 0.309 e. The smallest absolute Gasteiger partial charge is 0.0273 e. The average molecular weight is 306 g/mol. The van der Waals surface area contributed by atoms with E-state index in [9.17, 15) is 0 Å². The van der Waals surface area contributed by atoms with Gasteiger partial charge in [-0.2, -0.15) is 0 Å². The lowest BCUT2D eigenvalue weighted by Crippen LogP contribution is -2.39. The van der Waals surface area contributed by atoms with Gasteiger partial charge in [-0.25, -0.2) is 0 Å². The lowest BCUT2D eigenvalue weighted by molar-refractivity contribution is 0.324. The summed E-state index contributed by atoms with van der Waals surface area (Å²) in [6, 6.07) is 0.394. The normalized spacial score (nSPS) is 18.6. The number of rotatable bonds is 13. The average Bonchev–Trinajstić information content (AvgIpc) is 2.54. The molecule has 0 amide bonds. The quantitative estimate of drug-likeness (QED) is 0.403. The summed E-state index contributed by atoms with van der Waals surface area (Å²) in [5.74, 6) is 1.43. The molecule has 128 valence electrons. The van der Waals surface area contributed by atoms with Crippen LogP contribution in [0, 0.1) is 17.3 Å². The molecule has 1 N–H and O–H groups in total. The number of nitrogens with one attached hydrogen (secondary N) is 1. The minimum atomic E-state index is 0.148. The van der Waals surface area contributed by atoms with Crippen LogP contribution in [0.3, 0.4) is 0 Å². The molecule has 4 unspecified atom stereocenters. The zero-order chi connectivity index (χ0) is 17.0. The van der Waals surface area contributed by atoms with Crippen LogP contribution in [0.2, 0.25) is 0 Å². The van der Waals surface area contributed by atoms with Gasteiger partial charge < -0.3 is 5.32 Å². The summed E-state index contributed by atoms with van der Waals surface area (Å²) >= 11 is 0. The molecule has 0 radical (unpaired) electrons. The summed E-state index contributed by atoms with van der Waals surface area (Å²) in [4.78, 5) is 0. The van der Waals surface area contributed by atoms with Gasteiger partial charge in [-0.3, -0.25) is 0 Å². The van der Waals surface area contributed by atoms with Gasteiger partial charge in [-0.1, -0.05) is 71.8 Å². The highest BCUT2D eigenvalue weighted by Gasteiger charge is 2.21. The van der Waals surface area contributed by atoms with Crippen LogP contribution in [0.1, 0.15) is 66.7 Å². The lowest BCUT2D eigenvalue weighted by Gasteiger charge is -2.30. The van der Waals surface area contributed by atoms with E-state index in [2.05, 4.69) is 71.3 Å². The molecule has 0 aromatic rings.